The Kier molecular flexibility index (Phi) is 6.10. The van der Waals surface area contributed by atoms with E-state index in [0.717, 1.165) is 39.0 Å². The van der Waals surface area contributed by atoms with Gasteiger partial charge in [0, 0.05) is 35.8 Å². The molecule has 6 heteroatoms. The highest BCUT2D eigenvalue weighted by Gasteiger charge is 2.26. The lowest BCUT2D eigenvalue weighted by atomic mass is 9.99. The maximum Gasteiger partial charge on any atom is 0.249 e. The molecule has 3 aromatic carbocycles. The van der Waals surface area contributed by atoms with Gasteiger partial charge in [-0.05, 0) is 53.1 Å². The second kappa shape index (κ2) is 9.50. The van der Waals surface area contributed by atoms with Gasteiger partial charge in [-0.3, -0.25) is 9.59 Å². The van der Waals surface area contributed by atoms with Gasteiger partial charge in [0.15, 0.2) is 0 Å². The van der Waals surface area contributed by atoms with Crippen LogP contribution in [0.25, 0.3) is 23.1 Å². The number of amides is 2. The van der Waals surface area contributed by atoms with E-state index in [4.69, 9.17) is 4.74 Å². The summed E-state index contributed by atoms with van der Waals surface area (Å²) in [5, 5.41) is 4.03. The van der Waals surface area contributed by atoms with Gasteiger partial charge in [-0.15, -0.1) is 0 Å². The first kappa shape index (κ1) is 22.5. The third-order valence-electron chi connectivity index (χ3n) is 6.44. The number of aromatic amines is 1. The van der Waals surface area contributed by atoms with Crippen LogP contribution in [0.1, 0.15) is 22.4 Å². The lowest BCUT2D eigenvalue weighted by Crippen LogP contribution is -2.49. The number of benzene rings is 3. The van der Waals surface area contributed by atoms with Crippen LogP contribution in [0.5, 0.6) is 5.75 Å². The van der Waals surface area contributed by atoms with E-state index < -0.39 is 6.04 Å². The number of hydrogen-bond acceptors (Lipinski definition) is 3. The first-order valence-electron chi connectivity index (χ1n) is 11.6. The zero-order valence-electron chi connectivity index (χ0n) is 19.7. The second-order valence-corrected chi connectivity index (χ2v) is 8.74. The van der Waals surface area contributed by atoms with Gasteiger partial charge in [0.2, 0.25) is 11.8 Å². The number of nitrogens with zero attached hydrogens (tertiary/aromatic N) is 1. The monoisotopic (exact) mass is 465 g/mol. The maximum atomic E-state index is 13.6. The molecule has 1 atom stereocenters. The number of carbonyl (C=O) groups is 2. The molecule has 4 aromatic rings. The summed E-state index contributed by atoms with van der Waals surface area (Å²) in [6.45, 7) is 0. The van der Waals surface area contributed by atoms with Crippen LogP contribution in [0.2, 0.25) is 0 Å². The molecule has 1 aliphatic rings. The second-order valence-electron chi connectivity index (χ2n) is 8.74. The molecule has 0 unspecified atom stereocenters. The molecule has 5 rings (SSSR count). The quantitative estimate of drug-likeness (QED) is 0.465. The molecule has 2 amide bonds. The standard InChI is InChI=1S/C29H27N3O3/c1-32(21-11-13-22(35-2)14-12-21)29(34)27-17-20-7-5-6-19(16-20)10-15-26-24(18-28(33)31-27)23-8-3-4-9-25(23)30-26/h3-16,27,30H,17-18H2,1-2H3,(H,31,33)/t27-/m0/s1. The van der Waals surface area contributed by atoms with E-state index in [1.807, 2.05) is 78.9 Å². The van der Waals surface area contributed by atoms with Gasteiger partial charge in [0.05, 0.1) is 13.5 Å². The van der Waals surface area contributed by atoms with E-state index in [1.165, 1.54) is 0 Å². The number of hydrogen-bond donors (Lipinski definition) is 2. The summed E-state index contributed by atoms with van der Waals surface area (Å²) in [4.78, 5) is 31.8. The van der Waals surface area contributed by atoms with Crippen molar-refractivity contribution in [2.45, 2.75) is 18.9 Å². The Morgan fingerprint density at radius 1 is 1.00 bits per heavy atom. The molecule has 0 radical (unpaired) electrons. The molecule has 2 heterocycles. The highest BCUT2D eigenvalue weighted by Crippen LogP contribution is 2.26. The number of aromatic nitrogens is 1. The normalized spacial score (nSPS) is 15.5. The molecular weight excluding hydrogens is 438 g/mol. The fourth-order valence-corrected chi connectivity index (χ4v) is 4.57. The summed E-state index contributed by atoms with van der Waals surface area (Å²) in [6.07, 6.45) is 4.63. The Hall–Kier alpha value is -4.32. The summed E-state index contributed by atoms with van der Waals surface area (Å²) < 4.78 is 5.23. The first-order chi connectivity index (χ1) is 17.0. The summed E-state index contributed by atoms with van der Waals surface area (Å²) in [5.41, 5.74) is 5.53. The number of nitrogens with one attached hydrogen (secondary N) is 2. The van der Waals surface area contributed by atoms with Gasteiger partial charge in [-0.25, -0.2) is 0 Å². The van der Waals surface area contributed by atoms with Gasteiger partial charge >= 0.3 is 0 Å². The van der Waals surface area contributed by atoms with Gasteiger partial charge in [-0.1, -0.05) is 48.5 Å². The van der Waals surface area contributed by atoms with Crippen LogP contribution in [0.15, 0.2) is 72.8 Å². The molecule has 1 aliphatic heterocycles. The average Bonchev–Trinajstić information content (AvgIpc) is 3.23. The van der Waals surface area contributed by atoms with Gasteiger partial charge < -0.3 is 19.9 Å². The minimum absolute atomic E-state index is 0.174. The van der Waals surface area contributed by atoms with Crippen LogP contribution in [0.3, 0.4) is 0 Å². The largest absolute Gasteiger partial charge is 0.497 e. The maximum absolute atomic E-state index is 13.6. The number of likely N-dealkylation sites (N-methyl/N-ethyl adjacent to an activating group) is 1. The number of carbonyl (C=O) groups excluding carboxylic acids is 2. The SMILES string of the molecule is COc1ccc(N(C)C(=O)[C@@H]2Cc3cccc(c3)C=Cc3[nH]c4ccccc4c3CC(=O)N2)cc1. The molecule has 1 aromatic heterocycles. The molecule has 6 nitrogen and oxygen atoms in total. The van der Waals surface area contributed by atoms with Crippen LogP contribution >= 0.6 is 0 Å². The fraction of sp³-hybridized carbons (Fsp3) is 0.172. The Bertz CT molecular complexity index is 1420. The predicted octanol–water partition coefficient (Wildman–Crippen LogP) is 4.59. The average molecular weight is 466 g/mol. The molecule has 35 heavy (non-hydrogen) atoms. The molecule has 176 valence electrons. The number of para-hydroxylation sites is 1. The molecule has 0 saturated heterocycles. The van der Waals surface area contributed by atoms with Crippen LogP contribution in [0, 0.1) is 0 Å². The van der Waals surface area contributed by atoms with Crippen molar-refractivity contribution in [3.63, 3.8) is 0 Å². The zero-order valence-corrected chi connectivity index (χ0v) is 19.7. The molecule has 0 spiro atoms. The Balaban J connectivity index is 1.51. The van der Waals surface area contributed by atoms with Gasteiger partial charge in [0.1, 0.15) is 11.8 Å². The van der Waals surface area contributed by atoms with E-state index in [2.05, 4.69) is 16.4 Å². The minimum Gasteiger partial charge on any atom is -0.497 e. The number of methoxy groups -OCH3 is 1. The number of H-pyrrole nitrogens is 1. The molecule has 2 bridgehead atoms. The Morgan fingerprint density at radius 2 is 1.80 bits per heavy atom. The van der Waals surface area contributed by atoms with Crippen molar-refractivity contribution in [1.29, 1.82) is 0 Å². The van der Waals surface area contributed by atoms with Crippen LogP contribution in [-0.2, 0) is 22.4 Å². The summed E-state index contributed by atoms with van der Waals surface area (Å²) in [5.74, 6) is 0.344. The van der Waals surface area contributed by atoms with Crippen LogP contribution < -0.4 is 15.0 Å². The third kappa shape index (κ3) is 4.68. The van der Waals surface area contributed by atoms with Crippen molar-refractivity contribution in [2.75, 3.05) is 19.1 Å². The first-order valence-corrected chi connectivity index (χ1v) is 11.6. The van der Waals surface area contributed by atoms with Crippen molar-refractivity contribution in [3.8, 4) is 5.75 Å². The van der Waals surface area contributed by atoms with Crippen molar-refractivity contribution in [2.24, 2.45) is 0 Å². The summed E-state index contributed by atoms with van der Waals surface area (Å²) >= 11 is 0. The molecule has 0 saturated carbocycles. The van der Waals surface area contributed by atoms with E-state index in [1.54, 1.807) is 19.1 Å². The highest BCUT2D eigenvalue weighted by molar-refractivity contribution is 6.00. The topological polar surface area (TPSA) is 74.4 Å². The molecule has 2 N–H and O–H groups in total. The summed E-state index contributed by atoms with van der Waals surface area (Å²) in [7, 11) is 3.33. The zero-order chi connectivity index (χ0) is 24.4. The number of rotatable bonds is 3. The van der Waals surface area contributed by atoms with Gasteiger partial charge in [0.25, 0.3) is 0 Å². The number of anilines is 1. The lowest BCUT2D eigenvalue weighted by molar-refractivity contribution is -0.127. The Morgan fingerprint density at radius 3 is 2.60 bits per heavy atom. The van der Waals surface area contributed by atoms with E-state index in [9.17, 15) is 9.59 Å². The lowest BCUT2D eigenvalue weighted by Gasteiger charge is -2.25. The van der Waals surface area contributed by atoms with E-state index in [0.29, 0.717) is 12.2 Å². The highest BCUT2D eigenvalue weighted by atomic mass is 16.5. The molecular formula is C29H27N3O3. The fourth-order valence-electron chi connectivity index (χ4n) is 4.57. The predicted molar refractivity (Wildman–Crippen MR) is 139 cm³/mol. The van der Waals surface area contributed by atoms with Crippen LogP contribution in [-0.4, -0.2) is 37.0 Å². The molecule has 0 aliphatic carbocycles. The van der Waals surface area contributed by atoms with Gasteiger partial charge in [-0.2, -0.15) is 0 Å². The van der Waals surface area contributed by atoms with E-state index >= 15 is 0 Å². The molecule has 0 fully saturated rings. The number of ether oxygens (including phenoxy) is 1. The third-order valence-corrected chi connectivity index (χ3v) is 6.44. The smallest absolute Gasteiger partial charge is 0.249 e. The van der Waals surface area contributed by atoms with E-state index in [-0.39, 0.29) is 18.2 Å². The minimum atomic E-state index is -0.707. The van der Waals surface area contributed by atoms with Crippen molar-refractivity contribution in [3.05, 3.63) is 95.2 Å². The van der Waals surface area contributed by atoms with Crippen LogP contribution in [0.4, 0.5) is 5.69 Å². The van der Waals surface area contributed by atoms with Crippen molar-refractivity contribution in [1.82, 2.24) is 10.3 Å². The number of fused-ring (bicyclic) bond motifs is 5. The van der Waals surface area contributed by atoms with Crippen molar-refractivity contribution < 1.29 is 14.3 Å². The Labute approximate surface area is 204 Å². The summed E-state index contributed by atoms with van der Waals surface area (Å²) in [6, 6.07) is 22.6. The van der Waals surface area contributed by atoms with Crippen molar-refractivity contribution >= 4 is 40.6 Å².